The Kier molecular flexibility index (Phi) is 5.33. The van der Waals surface area contributed by atoms with Crippen molar-refractivity contribution in [3.63, 3.8) is 0 Å². The minimum atomic E-state index is -0.326. The third kappa shape index (κ3) is 4.53. The molecule has 0 spiro atoms. The molecule has 0 radical (unpaired) electrons. The monoisotopic (exact) mass is 377 g/mol. The molecular weight excluding hydrogens is 362 g/mol. The van der Waals surface area contributed by atoms with Gasteiger partial charge in [0.15, 0.2) is 12.4 Å². The number of carbonyl (C=O) groups excluding carboxylic acids is 2. The molecular formula is C16H16BrN3O3. The summed E-state index contributed by atoms with van der Waals surface area (Å²) in [5.74, 6) is -0.616. The molecule has 2 rings (SSSR count). The highest BCUT2D eigenvalue weighted by molar-refractivity contribution is 9.10. The lowest BCUT2D eigenvalue weighted by Crippen LogP contribution is -2.35. The van der Waals surface area contributed by atoms with Crippen molar-refractivity contribution in [2.45, 2.75) is 6.92 Å². The highest BCUT2D eigenvalue weighted by atomic mass is 79.9. The fraction of sp³-hybridized carbons (Fsp3) is 0.188. The van der Waals surface area contributed by atoms with Crippen molar-refractivity contribution < 1.29 is 14.3 Å². The summed E-state index contributed by atoms with van der Waals surface area (Å²) in [7, 11) is 1.54. The third-order valence-electron chi connectivity index (χ3n) is 3.24. The fourth-order valence-electron chi connectivity index (χ4n) is 2.02. The van der Waals surface area contributed by atoms with E-state index in [0.717, 1.165) is 10.0 Å². The van der Waals surface area contributed by atoms with E-state index in [0.29, 0.717) is 16.0 Å². The number of rotatable bonds is 4. The molecule has 0 saturated heterocycles. The molecule has 1 aromatic carbocycles. The molecule has 0 fully saturated rings. The molecule has 0 aliphatic carbocycles. The predicted molar refractivity (Wildman–Crippen MR) is 89.9 cm³/mol. The van der Waals surface area contributed by atoms with Crippen molar-refractivity contribution in [2.24, 2.45) is 0 Å². The lowest BCUT2D eigenvalue weighted by molar-refractivity contribution is -0.605. The van der Waals surface area contributed by atoms with Crippen LogP contribution >= 0.6 is 15.9 Å². The van der Waals surface area contributed by atoms with Crippen LogP contribution in [0.2, 0.25) is 0 Å². The Morgan fingerprint density at radius 3 is 2.52 bits per heavy atom. The van der Waals surface area contributed by atoms with Crippen molar-refractivity contribution in [3.05, 3.63) is 63.5 Å². The van der Waals surface area contributed by atoms with Gasteiger partial charge in [0.05, 0.1) is 12.1 Å². The Hall–Kier alpha value is -2.41. The van der Waals surface area contributed by atoms with Crippen LogP contribution in [0.1, 0.15) is 15.9 Å². The topological polar surface area (TPSA) is 76.4 Å². The van der Waals surface area contributed by atoms with Crippen LogP contribution in [0.25, 0.3) is 0 Å². The number of halogens is 1. The quantitative estimate of drug-likeness (QED) is 0.654. The molecule has 0 aliphatic heterocycles. The van der Waals surface area contributed by atoms with E-state index in [-0.39, 0.29) is 18.4 Å². The summed E-state index contributed by atoms with van der Waals surface area (Å²) in [5, 5.41) is 13.8. The molecule has 2 amide bonds. The molecule has 1 N–H and O–H groups in total. The zero-order chi connectivity index (χ0) is 17.0. The second-order valence-electron chi connectivity index (χ2n) is 5.12. The first-order valence-corrected chi connectivity index (χ1v) is 7.66. The van der Waals surface area contributed by atoms with Gasteiger partial charge in [-0.25, -0.2) is 0 Å². The molecule has 1 aromatic heterocycles. The van der Waals surface area contributed by atoms with Crippen LogP contribution in [-0.4, -0.2) is 30.3 Å². The van der Waals surface area contributed by atoms with Crippen LogP contribution in [0.5, 0.6) is 0 Å². The van der Waals surface area contributed by atoms with Crippen molar-refractivity contribution in [1.29, 1.82) is 0 Å². The Bertz CT molecular complexity index is 732. The molecule has 6 nitrogen and oxygen atoms in total. The Morgan fingerprint density at radius 2 is 1.91 bits per heavy atom. The lowest BCUT2D eigenvalue weighted by atomic mass is 10.2. The van der Waals surface area contributed by atoms with Crippen molar-refractivity contribution in [1.82, 2.24) is 4.90 Å². The molecule has 1 heterocycles. The molecule has 7 heteroatoms. The molecule has 0 aliphatic rings. The highest BCUT2D eigenvalue weighted by Gasteiger charge is 2.16. The minimum absolute atomic E-state index is 0.0827. The van der Waals surface area contributed by atoms with Gasteiger partial charge in [0, 0.05) is 29.3 Å². The smallest absolute Gasteiger partial charge is 0.254 e. The van der Waals surface area contributed by atoms with E-state index in [1.54, 1.807) is 6.07 Å². The number of aryl methyl sites for hydroxylation is 1. The van der Waals surface area contributed by atoms with Gasteiger partial charge in [0.25, 0.3) is 5.91 Å². The van der Waals surface area contributed by atoms with Gasteiger partial charge in [-0.1, -0.05) is 15.9 Å². The van der Waals surface area contributed by atoms with Crippen LogP contribution in [0.4, 0.5) is 5.69 Å². The van der Waals surface area contributed by atoms with E-state index in [4.69, 9.17) is 0 Å². The average molecular weight is 378 g/mol. The van der Waals surface area contributed by atoms with Crippen molar-refractivity contribution >= 4 is 33.4 Å². The highest BCUT2D eigenvalue weighted by Crippen LogP contribution is 2.19. The number of pyridine rings is 1. The Labute approximate surface area is 142 Å². The number of benzene rings is 1. The van der Waals surface area contributed by atoms with E-state index >= 15 is 0 Å². The van der Waals surface area contributed by atoms with Gasteiger partial charge in [0.1, 0.15) is 0 Å². The number of nitrogens with one attached hydrogen (secondary N) is 1. The zero-order valence-corrected chi connectivity index (χ0v) is 14.3. The van der Waals surface area contributed by atoms with Gasteiger partial charge in [-0.15, -0.1) is 0 Å². The summed E-state index contributed by atoms with van der Waals surface area (Å²) < 4.78 is 1.53. The zero-order valence-electron chi connectivity index (χ0n) is 12.7. The number of nitrogens with zero attached hydrogens (tertiary/aromatic N) is 2. The van der Waals surface area contributed by atoms with Gasteiger partial charge < -0.3 is 15.4 Å². The molecule has 0 bridgehead atoms. The summed E-state index contributed by atoms with van der Waals surface area (Å²) >= 11 is 3.36. The molecule has 0 atom stereocenters. The number of anilines is 1. The number of hydrogen-bond donors (Lipinski definition) is 1. The fourth-order valence-corrected chi connectivity index (χ4v) is 2.50. The standard InChI is InChI=1S/C16H16BrN3O3/c1-11-9-13(17)3-4-14(11)18-15(21)10-19(2)16(22)12-5-7-20(23)8-6-12/h3-9H,10H2,1-2H3,(H,18,21). The summed E-state index contributed by atoms with van der Waals surface area (Å²) in [6.45, 7) is 1.80. The van der Waals surface area contributed by atoms with Crippen LogP contribution in [0, 0.1) is 12.1 Å². The number of amides is 2. The maximum atomic E-state index is 12.2. The first-order chi connectivity index (χ1) is 10.9. The third-order valence-corrected chi connectivity index (χ3v) is 3.73. The lowest BCUT2D eigenvalue weighted by Gasteiger charge is -2.17. The molecule has 0 unspecified atom stereocenters. The molecule has 23 heavy (non-hydrogen) atoms. The van der Waals surface area contributed by atoms with E-state index < -0.39 is 0 Å². The van der Waals surface area contributed by atoms with Gasteiger partial charge in [-0.2, -0.15) is 4.73 Å². The number of carbonyl (C=O) groups is 2. The minimum Gasteiger partial charge on any atom is -0.619 e. The SMILES string of the molecule is Cc1cc(Br)ccc1NC(=O)CN(C)C(=O)c1cc[n+]([O-])cc1. The summed E-state index contributed by atoms with van der Waals surface area (Å²) in [6, 6.07) is 8.36. The second-order valence-corrected chi connectivity index (χ2v) is 6.03. The van der Waals surface area contributed by atoms with Gasteiger partial charge in [-0.05, 0) is 30.7 Å². The second kappa shape index (κ2) is 7.23. The normalized spacial score (nSPS) is 10.2. The molecule has 120 valence electrons. The first kappa shape index (κ1) is 17.0. The van der Waals surface area contributed by atoms with Crippen LogP contribution < -0.4 is 10.0 Å². The predicted octanol–water partition coefficient (Wildman–Crippen LogP) is 2.10. The van der Waals surface area contributed by atoms with Gasteiger partial charge in [-0.3, -0.25) is 9.59 Å². The largest absolute Gasteiger partial charge is 0.619 e. The summed E-state index contributed by atoms with van der Waals surface area (Å²) in [6.07, 6.45) is 2.48. The maximum absolute atomic E-state index is 12.2. The molecule has 2 aromatic rings. The Balaban J connectivity index is 1.99. The number of likely N-dealkylation sites (N-methyl/N-ethyl adjacent to an activating group) is 1. The number of hydrogen-bond acceptors (Lipinski definition) is 3. The van der Waals surface area contributed by atoms with E-state index in [1.165, 1.54) is 36.5 Å². The van der Waals surface area contributed by atoms with E-state index in [2.05, 4.69) is 21.2 Å². The maximum Gasteiger partial charge on any atom is 0.254 e. The van der Waals surface area contributed by atoms with Gasteiger partial charge >= 0.3 is 0 Å². The molecule has 0 saturated carbocycles. The average Bonchev–Trinajstić information content (AvgIpc) is 2.50. The summed E-state index contributed by atoms with van der Waals surface area (Å²) in [4.78, 5) is 25.6. The van der Waals surface area contributed by atoms with E-state index in [9.17, 15) is 14.8 Å². The number of aromatic nitrogens is 1. The Morgan fingerprint density at radius 1 is 1.26 bits per heavy atom. The van der Waals surface area contributed by atoms with Crippen LogP contribution in [0.15, 0.2) is 47.2 Å². The van der Waals surface area contributed by atoms with Crippen molar-refractivity contribution in [2.75, 3.05) is 18.9 Å². The van der Waals surface area contributed by atoms with E-state index in [1.807, 2.05) is 19.1 Å². The van der Waals surface area contributed by atoms with Crippen LogP contribution in [0.3, 0.4) is 0 Å². The summed E-state index contributed by atoms with van der Waals surface area (Å²) in [5.41, 5.74) is 1.98. The first-order valence-electron chi connectivity index (χ1n) is 6.87. The van der Waals surface area contributed by atoms with Crippen molar-refractivity contribution in [3.8, 4) is 0 Å². The van der Waals surface area contributed by atoms with Crippen LogP contribution in [-0.2, 0) is 4.79 Å². The van der Waals surface area contributed by atoms with Gasteiger partial charge in [0.2, 0.25) is 5.91 Å².